The average molecular weight is 463 g/mol. The number of hydrogen-bond donors (Lipinski definition) is 1. The maximum atomic E-state index is 12.5. The number of aromatic nitrogens is 1. The minimum absolute atomic E-state index is 0. The van der Waals surface area contributed by atoms with Gasteiger partial charge < -0.3 is 9.87 Å². The van der Waals surface area contributed by atoms with Crippen molar-refractivity contribution in [3.63, 3.8) is 0 Å². The number of anilines is 1. The maximum Gasteiger partial charge on any atom is 0.255 e. The molecular formula is C18H18N2O5SY. The van der Waals surface area contributed by atoms with Gasteiger partial charge in [-0.3, -0.25) is 9.59 Å². The molecule has 1 N–H and O–H groups in total. The Bertz CT molecular complexity index is 952. The molecule has 0 spiro atoms. The van der Waals surface area contributed by atoms with Gasteiger partial charge in [-0.1, -0.05) is 6.08 Å². The summed E-state index contributed by atoms with van der Waals surface area (Å²) in [5.41, 5.74) is 1.45. The molecule has 0 atom stereocenters. The Labute approximate surface area is 183 Å². The van der Waals surface area contributed by atoms with E-state index in [0.29, 0.717) is 16.8 Å². The van der Waals surface area contributed by atoms with E-state index in [9.17, 15) is 22.6 Å². The van der Waals surface area contributed by atoms with Crippen molar-refractivity contribution in [2.24, 2.45) is 0 Å². The van der Waals surface area contributed by atoms with Crippen molar-refractivity contribution in [1.82, 2.24) is 0 Å². The quantitative estimate of drug-likeness (QED) is 0.397. The fourth-order valence-corrected chi connectivity index (χ4v) is 2.80. The second-order valence-electron chi connectivity index (χ2n) is 5.60. The molecule has 2 rings (SSSR count). The molecule has 9 heteroatoms. The SMILES string of the molecule is C/C=C(\C(=O)Nc1ccc(S(=O)(=O)[O-])cc1)c1cc[n+](CC(C)=O)cc1.[Y]. The van der Waals surface area contributed by atoms with Crippen LogP contribution in [0.5, 0.6) is 0 Å². The van der Waals surface area contributed by atoms with Crippen molar-refractivity contribution in [2.75, 3.05) is 5.32 Å². The summed E-state index contributed by atoms with van der Waals surface area (Å²) in [6.07, 6.45) is 5.07. The van der Waals surface area contributed by atoms with Crippen molar-refractivity contribution in [2.45, 2.75) is 25.3 Å². The van der Waals surface area contributed by atoms with Gasteiger partial charge in [-0.2, -0.15) is 4.57 Å². The Morgan fingerprint density at radius 1 is 1.11 bits per heavy atom. The van der Waals surface area contributed by atoms with Crippen LogP contribution in [0.25, 0.3) is 5.57 Å². The van der Waals surface area contributed by atoms with Gasteiger partial charge >= 0.3 is 0 Å². The first-order valence-corrected chi connectivity index (χ1v) is 9.14. The van der Waals surface area contributed by atoms with E-state index in [4.69, 9.17) is 0 Å². The number of carbonyl (C=O) groups is 2. The van der Waals surface area contributed by atoms with Gasteiger partial charge in [0, 0.05) is 63.0 Å². The van der Waals surface area contributed by atoms with E-state index < -0.39 is 10.1 Å². The largest absolute Gasteiger partial charge is 0.744 e. The third kappa shape index (κ3) is 6.73. The first kappa shape index (κ1) is 23.3. The van der Waals surface area contributed by atoms with Crippen LogP contribution >= 0.6 is 0 Å². The Hall–Kier alpha value is -1.74. The van der Waals surface area contributed by atoms with Gasteiger partial charge in [0.1, 0.15) is 10.1 Å². The van der Waals surface area contributed by atoms with Crippen molar-refractivity contribution in [1.29, 1.82) is 0 Å². The minimum Gasteiger partial charge on any atom is -0.744 e. The van der Waals surface area contributed by atoms with Crippen LogP contribution in [0.4, 0.5) is 5.69 Å². The van der Waals surface area contributed by atoms with Crippen molar-refractivity contribution >= 4 is 33.1 Å². The standard InChI is InChI=1S/C18H18N2O5S.Y/c1-3-17(14-8-10-20(11-9-14)12-13(2)21)18(22)19-15-4-6-16(7-5-15)26(23,24)25;/h3-11H,12H2,1-2H3,(H-,19,22,23,24,25);/b17-3-;. The zero-order valence-corrected chi connectivity index (χ0v) is 18.5. The number of allylic oxidation sites excluding steroid dienone is 1. The van der Waals surface area contributed by atoms with Gasteiger partial charge in [-0.25, -0.2) is 8.42 Å². The first-order chi connectivity index (χ1) is 12.2. The van der Waals surface area contributed by atoms with E-state index in [1.165, 1.54) is 19.1 Å². The van der Waals surface area contributed by atoms with Crippen LogP contribution in [-0.4, -0.2) is 24.7 Å². The number of hydrogen-bond acceptors (Lipinski definition) is 5. The third-order valence-electron chi connectivity index (χ3n) is 3.54. The summed E-state index contributed by atoms with van der Waals surface area (Å²) >= 11 is 0. The molecular weight excluding hydrogens is 445 g/mol. The monoisotopic (exact) mass is 463 g/mol. The molecule has 7 nitrogen and oxygen atoms in total. The molecule has 1 aromatic heterocycles. The van der Waals surface area contributed by atoms with Gasteiger partial charge in [0.2, 0.25) is 6.54 Å². The zero-order chi connectivity index (χ0) is 19.3. The van der Waals surface area contributed by atoms with E-state index in [1.54, 1.807) is 42.1 Å². The summed E-state index contributed by atoms with van der Waals surface area (Å²) < 4.78 is 34.5. The normalized spacial score (nSPS) is 11.4. The predicted octanol–water partition coefficient (Wildman–Crippen LogP) is 1.51. The number of rotatable bonds is 6. The summed E-state index contributed by atoms with van der Waals surface area (Å²) in [7, 11) is -4.53. The molecule has 0 fully saturated rings. The maximum absolute atomic E-state index is 12.5. The summed E-state index contributed by atoms with van der Waals surface area (Å²) in [4.78, 5) is 23.2. The van der Waals surface area contributed by atoms with Crippen LogP contribution in [0.1, 0.15) is 19.4 Å². The molecule has 0 aliphatic rings. The van der Waals surface area contributed by atoms with Crippen LogP contribution in [-0.2, 0) is 59.0 Å². The number of amides is 1. The molecule has 27 heavy (non-hydrogen) atoms. The molecule has 0 bridgehead atoms. The Balaban J connectivity index is 0.00000364. The van der Waals surface area contributed by atoms with Crippen LogP contribution < -0.4 is 9.88 Å². The van der Waals surface area contributed by atoms with Crippen molar-refractivity contribution in [3.05, 3.63) is 60.4 Å². The third-order valence-corrected chi connectivity index (χ3v) is 4.39. The molecule has 0 aliphatic carbocycles. The molecule has 0 saturated carbocycles. The van der Waals surface area contributed by atoms with E-state index >= 15 is 0 Å². The smallest absolute Gasteiger partial charge is 0.255 e. The first-order valence-electron chi connectivity index (χ1n) is 7.73. The number of nitrogens with one attached hydrogen (secondary N) is 1. The molecule has 0 aliphatic heterocycles. The van der Waals surface area contributed by atoms with Gasteiger partial charge in [0.05, 0.1) is 4.90 Å². The van der Waals surface area contributed by atoms with Crippen molar-refractivity contribution in [3.8, 4) is 0 Å². The molecule has 139 valence electrons. The van der Waals surface area contributed by atoms with Crippen LogP contribution in [0, 0.1) is 0 Å². The molecule has 1 heterocycles. The fraction of sp³-hybridized carbons (Fsp3) is 0.167. The number of nitrogens with zero attached hydrogens (tertiary/aromatic N) is 1. The van der Waals surface area contributed by atoms with Gasteiger partial charge in [-0.15, -0.1) is 0 Å². The zero-order valence-electron chi connectivity index (χ0n) is 14.9. The van der Waals surface area contributed by atoms with Crippen LogP contribution in [0.3, 0.4) is 0 Å². The van der Waals surface area contributed by atoms with Gasteiger partial charge in [0.25, 0.3) is 5.91 Å². The van der Waals surface area contributed by atoms with Crippen LogP contribution in [0.2, 0.25) is 0 Å². The number of benzene rings is 1. The Morgan fingerprint density at radius 2 is 1.67 bits per heavy atom. The van der Waals surface area contributed by atoms with E-state index in [1.807, 2.05) is 0 Å². The number of Topliss-reactive ketones (excluding diaryl/α,β-unsaturated/α-hetero) is 1. The molecule has 1 aromatic carbocycles. The van der Waals surface area contributed by atoms with Crippen molar-refractivity contribution < 1.29 is 59.8 Å². The average Bonchev–Trinajstić information content (AvgIpc) is 2.56. The van der Waals surface area contributed by atoms with E-state index in [2.05, 4.69) is 5.32 Å². The Morgan fingerprint density at radius 3 is 2.11 bits per heavy atom. The summed E-state index contributed by atoms with van der Waals surface area (Å²) in [6.45, 7) is 3.47. The Kier molecular flexibility index (Phi) is 8.62. The molecule has 1 radical (unpaired) electrons. The van der Waals surface area contributed by atoms with Crippen LogP contribution in [0.15, 0.2) is 59.8 Å². The second-order valence-corrected chi connectivity index (χ2v) is 6.98. The predicted molar refractivity (Wildman–Crippen MR) is 94.0 cm³/mol. The number of carbonyl (C=O) groups excluding carboxylic acids is 2. The molecule has 2 aromatic rings. The summed E-state index contributed by atoms with van der Waals surface area (Å²) in [6, 6.07) is 8.43. The summed E-state index contributed by atoms with van der Waals surface area (Å²) in [5, 5.41) is 2.65. The minimum atomic E-state index is -4.53. The van der Waals surface area contributed by atoms with E-state index in [-0.39, 0.29) is 55.8 Å². The topological polar surface area (TPSA) is 107 Å². The fourth-order valence-electron chi connectivity index (χ4n) is 2.33. The molecule has 1 amide bonds. The van der Waals surface area contributed by atoms with E-state index in [0.717, 1.165) is 12.1 Å². The summed E-state index contributed by atoms with van der Waals surface area (Å²) in [5.74, 6) is -0.357. The number of pyridine rings is 1. The van der Waals surface area contributed by atoms with Gasteiger partial charge in [-0.05, 0) is 36.8 Å². The second kappa shape index (κ2) is 9.99. The number of ketones is 1. The molecule has 0 unspecified atom stereocenters. The molecule has 0 saturated heterocycles. The van der Waals surface area contributed by atoms with Gasteiger partial charge in [0.15, 0.2) is 18.2 Å².